The fourth-order valence-corrected chi connectivity index (χ4v) is 3.24. The van der Waals surface area contributed by atoms with Gasteiger partial charge >= 0.3 is 0 Å². The Labute approximate surface area is 129 Å². The van der Waals surface area contributed by atoms with Gasteiger partial charge in [0.15, 0.2) is 0 Å². The van der Waals surface area contributed by atoms with Crippen LogP contribution in [0.4, 0.5) is 0 Å². The van der Waals surface area contributed by atoms with Crippen molar-refractivity contribution in [3.05, 3.63) is 10.6 Å². The van der Waals surface area contributed by atoms with Gasteiger partial charge in [-0.1, -0.05) is 18.3 Å². The molecule has 0 bridgehead atoms. The molecule has 2 amide bonds. The van der Waals surface area contributed by atoms with Crippen LogP contribution in [0.5, 0.6) is 0 Å². The molecule has 2 heterocycles. The van der Waals surface area contributed by atoms with Gasteiger partial charge in [-0.2, -0.15) is 0 Å². The highest BCUT2D eigenvalue weighted by molar-refractivity contribution is 7.05. The third-order valence-electron chi connectivity index (χ3n) is 3.65. The largest absolute Gasteiger partial charge is 0.342 e. The first-order chi connectivity index (χ1) is 9.88. The van der Waals surface area contributed by atoms with Crippen molar-refractivity contribution in [1.82, 2.24) is 19.4 Å². The number of likely N-dealkylation sites (tertiary alicyclic amines) is 1. The maximum atomic E-state index is 12.5. The number of hydrogen-bond acceptors (Lipinski definition) is 5. The predicted octanol–water partition coefficient (Wildman–Crippen LogP) is 1.31. The van der Waals surface area contributed by atoms with Gasteiger partial charge in [0.1, 0.15) is 0 Å². The van der Waals surface area contributed by atoms with Crippen molar-refractivity contribution in [2.24, 2.45) is 11.8 Å². The molecule has 1 aromatic rings. The second kappa shape index (κ2) is 6.51. The number of aromatic nitrogens is 2. The minimum Gasteiger partial charge on any atom is -0.342 e. The number of carbonyl (C=O) groups is 2. The van der Waals surface area contributed by atoms with Gasteiger partial charge in [0.25, 0.3) is 0 Å². The van der Waals surface area contributed by atoms with E-state index in [1.165, 1.54) is 11.5 Å². The Balaban J connectivity index is 1.94. The molecular weight excluding hydrogens is 288 g/mol. The number of aryl methyl sites for hydroxylation is 1. The highest BCUT2D eigenvalue weighted by Gasteiger charge is 2.35. The van der Waals surface area contributed by atoms with Crippen LogP contribution < -0.4 is 0 Å². The summed E-state index contributed by atoms with van der Waals surface area (Å²) in [5.41, 5.74) is 0.864. The lowest BCUT2D eigenvalue weighted by atomic mass is 10.1. The van der Waals surface area contributed by atoms with Crippen molar-refractivity contribution in [1.29, 1.82) is 0 Å². The van der Waals surface area contributed by atoms with Gasteiger partial charge in [0, 0.05) is 26.6 Å². The average Bonchev–Trinajstić information content (AvgIpc) is 2.96. The molecule has 6 nitrogen and oxygen atoms in total. The first-order valence-electron chi connectivity index (χ1n) is 7.19. The summed E-state index contributed by atoms with van der Waals surface area (Å²) in [6, 6.07) is 0. The maximum Gasteiger partial charge on any atom is 0.228 e. The van der Waals surface area contributed by atoms with Crippen LogP contribution in [0.25, 0.3) is 0 Å². The molecule has 21 heavy (non-hydrogen) atoms. The standard InChI is InChI=1S/C14H22N4O2S/c1-9(2)6-18-7-11(5-13(18)19)14(20)17(4)8-12-10(3)15-16-21-12/h9,11H,5-8H2,1-4H3. The summed E-state index contributed by atoms with van der Waals surface area (Å²) in [4.78, 5) is 28.9. The quantitative estimate of drug-likeness (QED) is 0.822. The monoisotopic (exact) mass is 310 g/mol. The Bertz CT molecular complexity index is 529. The van der Waals surface area contributed by atoms with Gasteiger partial charge in [0.05, 0.1) is 23.0 Å². The number of nitrogens with zero attached hydrogens (tertiary/aromatic N) is 4. The summed E-state index contributed by atoms with van der Waals surface area (Å²) in [7, 11) is 1.77. The molecule has 7 heteroatoms. The highest BCUT2D eigenvalue weighted by atomic mass is 32.1. The average molecular weight is 310 g/mol. The van der Waals surface area contributed by atoms with Gasteiger partial charge in [-0.3, -0.25) is 9.59 Å². The van der Waals surface area contributed by atoms with E-state index in [2.05, 4.69) is 23.4 Å². The second-order valence-corrected chi connectivity index (χ2v) is 6.91. The fraction of sp³-hybridized carbons (Fsp3) is 0.714. The molecule has 1 aliphatic heterocycles. The van der Waals surface area contributed by atoms with Crippen LogP contribution in [0, 0.1) is 18.8 Å². The number of hydrogen-bond donors (Lipinski definition) is 0. The Morgan fingerprint density at radius 3 is 2.81 bits per heavy atom. The molecular formula is C14H22N4O2S. The Morgan fingerprint density at radius 2 is 2.24 bits per heavy atom. The molecule has 1 aromatic heterocycles. The second-order valence-electron chi connectivity index (χ2n) is 6.07. The molecule has 1 atom stereocenters. The number of rotatable bonds is 5. The van der Waals surface area contributed by atoms with Gasteiger partial charge < -0.3 is 9.80 Å². The van der Waals surface area contributed by atoms with Crippen molar-refractivity contribution in [3.8, 4) is 0 Å². The van der Waals surface area contributed by atoms with Crippen molar-refractivity contribution in [2.45, 2.75) is 33.7 Å². The highest BCUT2D eigenvalue weighted by Crippen LogP contribution is 2.22. The van der Waals surface area contributed by atoms with E-state index >= 15 is 0 Å². The van der Waals surface area contributed by atoms with Crippen LogP contribution in [-0.2, 0) is 16.1 Å². The summed E-state index contributed by atoms with van der Waals surface area (Å²) in [5.74, 6) is 0.322. The molecule has 1 fully saturated rings. The van der Waals surface area contributed by atoms with Crippen LogP contribution in [0.2, 0.25) is 0 Å². The van der Waals surface area contributed by atoms with Crippen LogP contribution in [0.3, 0.4) is 0 Å². The molecule has 0 radical (unpaired) electrons. The number of amides is 2. The molecule has 1 unspecified atom stereocenters. The zero-order valence-corrected chi connectivity index (χ0v) is 13.8. The zero-order valence-electron chi connectivity index (χ0n) is 13.0. The van der Waals surface area contributed by atoms with Crippen LogP contribution in [0.15, 0.2) is 0 Å². The van der Waals surface area contributed by atoms with Gasteiger partial charge in [0.2, 0.25) is 11.8 Å². The SMILES string of the molecule is Cc1nnsc1CN(C)C(=O)C1CC(=O)N(CC(C)C)C1. The fourth-order valence-electron chi connectivity index (χ4n) is 2.56. The topological polar surface area (TPSA) is 66.4 Å². The van der Waals surface area contributed by atoms with Crippen LogP contribution in [-0.4, -0.2) is 51.3 Å². The molecule has 0 spiro atoms. The lowest BCUT2D eigenvalue weighted by Gasteiger charge is -2.21. The van der Waals surface area contributed by atoms with E-state index < -0.39 is 0 Å². The molecule has 0 aromatic carbocycles. The van der Waals surface area contributed by atoms with E-state index in [-0.39, 0.29) is 17.7 Å². The summed E-state index contributed by atoms with van der Waals surface area (Å²) in [5, 5.41) is 3.95. The maximum absolute atomic E-state index is 12.5. The molecule has 1 aliphatic rings. The van der Waals surface area contributed by atoms with Crippen molar-refractivity contribution in [3.63, 3.8) is 0 Å². The third kappa shape index (κ3) is 3.78. The van der Waals surface area contributed by atoms with E-state index in [0.717, 1.165) is 17.1 Å². The Hall–Kier alpha value is -1.50. The molecule has 116 valence electrons. The smallest absolute Gasteiger partial charge is 0.228 e. The molecule has 0 saturated carbocycles. The molecule has 0 aliphatic carbocycles. The van der Waals surface area contributed by atoms with E-state index in [1.54, 1.807) is 16.8 Å². The first kappa shape index (κ1) is 15.9. The van der Waals surface area contributed by atoms with E-state index in [1.807, 2.05) is 6.92 Å². The summed E-state index contributed by atoms with van der Waals surface area (Å²) >= 11 is 1.31. The Kier molecular flexibility index (Phi) is 4.92. The summed E-state index contributed by atoms with van der Waals surface area (Å²) < 4.78 is 3.88. The lowest BCUT2D eigenvalue weighted by molar-refractivity contribution is -0.135. The normalized spacial score (nSPS) is 18.6. The van der Waals surface area contributed by atoms with Crippen LogP contribution >= 0.6 is 11.5 Å². The lowest BCUT2D eigenvalue weighted by Crippen LogP contribution is -2.35. The Morgan fingerprint density at radius 1 is 1.52 bits per heavy atom. The van der Waals surface area contributed by atoms with E-state index in [4.69, 9.17) is 0 Å². The van der Waals surface area contributed by atoms with E-state index in [0.29, 0.717) is 25.4 Å². The first-order valence-corrected chi connectivity index (χ1v) is 7.96. The minimum absolute atomic E-state index is 0.0300. The van der Waals surface area contributed by atoms with Gasteiger partial charge in [-0.15, -0.1) is 5.10 Å². The molecule has 0 N–H and O–H groups in total. The number of carbonyl (C=O) groups excluding carboxylic acids is 2. The van der Waals surface area contributed by atoms with Gasteiger partial charge in [-0.05, 0) is 24.4 Å². The van der Waals surface area contributed by atoms with E-state index in [9.17, 15) is 9.59 Å². The summed E-state index contributed by atoms with van der Waals surface area (Å²) in [6.07, 6.45) is 0.329. The predicted molar refractivity (Wildman–Crippen MR) is 80.6 cm³/mol. The molecule has 1 saturated heterocycles. The van der Waals surface area contributed by atoms with Crippen LogP contribution in [0.1, 0.15) is 30.8 Å². The summed E-state index contributed by atoms with van der Waals surface area (Å²) in [6.45, 7) is 7.82. The third-order valence-corrected chi connectivity index (χ3v) is 4.46. The van der Waals surface area contributed by atoms with Gasteiger partial charge in [-0.25, -0.2) is 0 Å². The van der Waals surface area contributed by atoms with Crippen molar-refractivity contribution in [2.75, 3.05) is 20.1 Å². The zero-order chi connectivity index (χ0) is 15.6. The van der Waals surface area contributed by atoms with Crippen molar-refractivity contribution >= 4 is 23.3 Å². The molecule has 2 rings (SSSR count). The van der Waals surface area contributed by atoms with Crippen molar-refractivity contribution < 1.29 is 9.59 Å². The minimum atomic E-state index is -0.220.